The Morgan fingerprint density at radius 1 is 1.03 bits per heavy atom. The maximum Gasteiger partial charge on any atom is 0.298 e. The molecule has 0 unspecified atom stereocenters. The third-order valence-corrected chi connectivity index (χ3v) is 5.53. The van der Waals surface area contributed by atoms with Crippen molar-refractivity contribution in [1.29, 1.82) is 0 Å². The number of nitrogens with zero attached hydrogens (tertiary/aromatic N) is 2. The molecule has 0 N–H and O–H groups in total. The Labute approximate surface area is 176 Å². The summed E-state index contributed by atoms with van der Waals surface area (Å²) in [4.78, 5) is 36.9. The second-order valence-corrected chi connectivity index (χ2v) is 7.54. The number of imide groups is 1. The molecule has 0 radical (unpaired) electrons. The monoisotopic (exact) mass is 420 g/mol. The lowest BCUT2D eigenvalue weighted by atomic mass is 10.1. The van der Waals surface area contributed by atoms with Crippen molar-refractivity contribution in [3.8, 4) is 11.3 Å². The van der Waals surface area contributed by atoms with Crippen molar-refractivity contribution in [3.63, 3.8) is 0 Å². The number of carbonyl (C=O) groups is 2. The predicted molar refractivity (Wildman–Crippen MR) is 115 cm³/mol. The maximum atomic E-state index is 12.8. The first-order chi connectivity index (χ1) is 14.5. The number of hydrogen-bond acceptors (Lipinski definition) is 6. The molecule has 4 rings (SSSR count). The number of nitro benzene ring substituents is 1. The summed E-state index contributed by atoms with van der Waals surface area (Å²) in [6.07, 6.45) is 2.40. The lowest BCUT2D eigenvalue weighted by molar-refractivity contribution is -0.384. The molecule has 8 heteroatoms. The zero-order valence-corrected chi connectivity index (χ0v) is 16.7. The summed E-state index contributed by atoms with van der Waals surface area (Å²) < 4.78 is 5.75. The highest BCUT2D eigenvalue weighted by molar-refractivity contribution is 8.19. The second kappa shape index (κ2) is 8.00. The van der Waals surface area contributed by atoms with Gasteiger partial charge in [0.15, 0.2) is 0 Å². The molecule has 1 aromatic heterocycles. The Hall–Kier alpha value is -3.65. The zero-order valence-electron chi connectivity index (χ0n) is 15.9. The van der Waals surface area contributed by atoms with Gasteiger partial charge in [-0.1, -0.05) is 19.1 Å². The van der Waals surface area contributed by atoms with Gasteiger partial charge < -0.3 is 4.42 Å². The van der Waals surface area contributed by atoms with E-state index in [4.69, 9.17) is 4.42 Å². The Morgan fingerprint density at radius 2 is 1.73 bits per heavy atom. The summed E-state index contributed by atoms with van der Waals surface area (Å²) in [6.45, 7) is 2.03. The van der Waals surface area contributed by atoms with E-state index in [1.54, 1.807) is 36.4 Å². The lowest BCUT2D eigenvalue weighted by Gasteiger charge is -2.12. The normalized spacial score (nSPS) is 15.2. The van der Waals surface area contributed by atoms with Crippen molar-refractivity contribution in [2.45, 2.75) is 13.3 Å². The summed E-state index contributed by atoms with van der Waals surface area (Å²) >= 11 is 0.855. The van der Waals surface area contributed by atoms with Gasteiger partial charge in [-0.05, 0) is 60.1 Å². The molecule has 0 atom stereocenters. The Kier molecular flexibility index (Phi) is 5.24. The molecule has 30 heavy (non-hydrogen) atoms. The maximum absolute atomic E-state index is 12.8. The number of carbonyl (C=O) groups excluding carboxylic acids is 2. The van der Waals surface area contributed by atoms with Gasteiger partial charge in [0.05, 0.1) is 15.5 Å². The van der Waals surface area contributed by atoms with Crippen LogP contribution in [0.1, 0.15) is 18.2 Å². The third-order valence-electron chi connectivity index (χ3n) is 4.66. The van der Waals surface area contributed by atoms with Crippen LogP contribution in [0.5, 0.6) is 0 Å². The number of aryl methyl sites for hydroxylation is 1. The number of nitro groups is 1. The first kappa shape index (κ1) is 19.7. The molecule has 0 saturated carbocycles. The first-order valence-corrected chi connectivity index (χ1v) is 9.99. The van der Waals surface area contributed by atoms with E-state index in [-0.39, 0.29) is 15.8 Å². The Balaban J connectivity index is 1.56. The molecule has 0 bridgehead atoms. The van der Waals surface area contributed by atoms with Crippen molar-refractivity contribution in [2.24, 2.45) is 0 Å². The molecular weight excluding hydrogens is 404 g/mol. The van der Waals surface area contributed by atoms with Crippen LogP contribution in [-0.4, -0.2) is 16.1 Å². The average Bonchev–Trinajstić information content (AvgIpc) is 3.33. The van der Waals surface area contributed by atoms with Crippen LogP contribution in [0.3, 0.4) is 0 Å². The summed E-state index contributed by atoms with van der Waals surface area (Å²) in [6, 6.07) is 16.7. The highest BCUT2D eigenvalue weighted by Crippen LogP contribution is 2.36. The van der Waals surface area contributed by atoms with E-state index in [1.807, 2.05) is 19.1 Å². The van der Waals surface area contributed by atoms with Gasteiger partial charge in [0, 0.05) is 23.8 Å². The van der Waals surface area contributed by atoms with E-state index in [2.05, 4.69) is 0 Å². The van der Waals surface area contributed by atoms with Crippen molar-refractivity contribution >= 4 is 40.4 Å². The quantitative estimate of drug-likeness (QED) is 0.300. The summed E-state index contributed by atoms with van der Waals surface area (Å²) in [5, 5.41) is 10.4. The van der Waals surface area contributed by atoms with Gasteiger partial charge in [-0.3, -0.25) is 19.7 Å². The minimum absolute atomic E-state index is 0.00817. The van der Waals surface area contributed by atoms with E-state index < -0.39 is 10.8 Å². The SMILES string of the molecule is CCc1ccc(N2C(=O)S/C(=C/c3ccc(-c4ccc([N+](=O)[O-])cc4)o3)C2=O)cc1. The highest BCUT2D eigenvalue weighted by atomic mass is 32.2. The molecule has 1 saturated heterocycles. The Bertz CT molecular complexity index is 1160. The van der Waals surface area contributed by atoms with Crippen LogP contribution >= 0.6 is 11.8 Å². The Morgan fingerprint density at radius 3 is 2.37 bits per heavy atom. The molecular formula is C22H16N2O5S. The third kappa shape index (κ3) is 3.77. The number of furan rings is 1. The van der Waals surface area contributed by atoms with Gasteiger partial charge in [-0.15, -0.1) is 0 Å². The fraction of sp³-hybridized carbons (Fsp3) is 0.0909. The molecule has 2 amide bonds. The van der Waals surface area contributed by atoms with Gasteiger partial charge >= 0.3 is 0 Å². The minimum atomic E-state index is -0.469. The summed E-state index contributed by atoms with van der Waals surface area (Å²) in [5.74, 6) is 0.517. The predicted octanol–water partition coefficient (Wildman–Crippen LogP) is 5.66. The van der Waals surface area contributed by atoms with Gasteiger partial charge in [0.25, 0.3) is 16.8 Å². The van der Waals surface area contributed by atoms with Crippen LogP contribution in [0.2, 0.25) is 0 Å². The highest BCUT2D eigenvalue weighted by Gasteiger charge is 2.36. The number of benzene rings is 2. The molecule has 3 aromatic rings. The first-order valence-electron chi connectivity index (χ1n) is 9.18. The molecule has 0 aliphatic carbocycles. The molecule has 1 aliphatic rings. The molecule has 2 aromatic carbocycles. The number of non-ortho nitro benzene ring substituents is 1. The van der Waals surface area contributed by atoms with E-state index in [9.17, 15) is 19.7 Å². The van der Waals surface area contributed by atoms with Gasteiger partial charge in [-0.25, -0.2) is 4.90 Å². The second-order valence-electron chi connectivity index (χ2n) is 6.54. The van der Waals surface area contributed by atoms with Crippen LogP contribution in [-0.2, 0) is 11.2 Å². The standard InChI is InChI=1S/C22H16N2O5S/c1-2-14-3-7-16(8-4-14)23-21(25)20(30-22(23)26)13-18-11-12-19(29-18)15-5-9-17(10-6-15)24(27)28/h3-13H,2H2,1H3/b20-13+. The van der Waals surface area contributed by atoms with Gasteiger partial charge in [0.2, 0.25) is 0 Å². The summed E-state index contributed by atoms with van der Waals surface area (Å²) in [7, 11) is 0. The molecule has 1 fully saturated rings. The number of hydrogen-bond donors (Lipinski definition) is 0. The van der Waals surface area contributed by atoms with Crippen molar-refractivity contribution in [2.75, 3.05) is 4.90 Å². The van der Waals surface area contributed by atoms with Crippen molar-refractivity contribution < 1.29 is 18.9 Å². The van der Waals surface area contributed by atoms with E-state index in [0.29, 0.717) is 22.8 Å². The van der Waals surface area contributed by atoms with Gasteiger partial charge in [-0.2, -0.15) is 0 Å². The molecule has 1 aliphatic heterocycles. The number of anilines is 1. The van der Waals surface area contributed by atoms with Crippen LogP contribution in [0.4, 0.5) is 16.2 Å². The topological polar surface area (TPSA) is 93.7 Å². The van der Waals surface area contributed by atoms with Crippen molar-refractivity contribution in [3.05, 3.63) is 87.0 Å². The van der Waals surface area contributed by atoms with Crippen LogP contribution in [0, 0.1) is 10.1 Å². The average molecular weight is 420 g/mol. The molecule has 7 nitrogen and oxygen atoms in total. The fourth-order valence-corrected chi connectivity index (χ4v) is 3.85. The van der Waals surface area contributed by atoms with E-state index in [1.165, 1.54) is 18.2 Å². The molecule has 150 valence electrons. The minimum Gasteiger partial charge on any atom is -0.457 e. The fourth-order valence-electron chi connectivity index (χ4n) is 3.03. The number of amides is 2. The van der Waals surface area contributed by atoms with E-state index >= 15 is 0 Å². The lowest BCUT2D eigenvalue weighted by Crippen LogP contribution is -2.27. The summed E-state index contributed by atoms with van der Waals surface area (Å²) in [5.41, 5.74) is 2.32. The van der Waals surface area contributed by atoms with Crippen LogP contribution < -0.4 is 4.90 Å². The van der Waals surface area contributed by atoms with E-state index in [0.717, 1.165) is 28.6 Å². The number of rotatable bonds is 5. The van der Waals surface area contributed by atoms with Gasteiger partial charge in [0.1, 0.15) is 11.5 Å². The smallest absolute Gasteiger partial charge is 0.298 e. The van der Waals surface area contributed by atoms with Crippen LogP contribution in [0.25, 0.3) is 17.4 Å². The van der Waals surface area contributed by atoms with Crippen LogP contribution in [0.15, 0.2) is 70.0 Å². The zero-order chi connectivity index (χ0) is 21.3. The molecule has 0 spiro atoms. The molecule has 2 heterocycles. The largest absolute Gasteiger partial charge is 0.457 e. The van der Waals surface area contributed by atoms with Crippen molar-refractivity contribution in [1.82, 2.24) is 0 Å². The number of thioether (sulfide) groups is 1.